The Balaban J connectivity index is 2.87. The number of carbonyl (C=O) groups excluding carboxylic acids is 1. The van der Waals surface area contributed by atoms with E-state index in [-0.39, 0.29) is 5.76 Å². The predicted octanol–water partition coefficient (Wildman–Crippen LogP) is 1.49. The van der Waals surface area contributed by atoms with Crippen LogP contribution in [0.15, 0.2) is 28.0 Å². The van der Waals surface area contributed by atoms with Gasteiger partial charge in [0.2, 0.25) is 5.17 Å². The summed E-state index contributed by atoms with van der Waals surface area (Å²) in [6, 6.07) is 2.96. The van der Waals surface area contributed by atoms with Crippen LogP contribution in [0.1, 0.15) is 10.6 Å². The topological polar surface area (TPSA) is 62.8 Å². The zero-order valence-electron chi connectivity index (χ0n) is 5.32. The van der Waals surface area contributed by atoms with Crippen molar-refractivity contribution in [3.8, 4) is 0 Å². The number of carbonyl (C=O) groups is 1. The summed E-state index contributed by atoms with van der Waals surface area (Å²) >= 11 is 5.20. The van der Waals surface area contributed by atoms with Crippen LogP contribution < -0.4 is 0 Å². The molecule has 1 aromatic heterocycles. The molecule has 1 heterocycles. The van der Waals surface area contributed by atoms with Gasteiger partial charge in [-0.1, -0.05) is 16.8 Å². The molecule has 0 amide bonds. The third-order valence-electron chi connectivity index (χ3n) is 1.02. The van der Waals surface area contributed by atoms with Crippen LogP contribution in [0, 0.1) is 0 Å². The van der Waals surface area contributed by atoms with Crippen LogP contribution in [-0.2, 0) is 0 Å². The minimum absolute atomic E-state index is 0.0489. The van der Waals surface area contributed by atoms with Gasteiger partial charge in [0.25, 0.3) is 5.78 Å². The fourth-order valence-electron chi connectivity index (χ4n) is 0.555. The number of furan rings is 1. The number of oxime groups is 1. The molecule has 0 bridgehead atoms. The normalized spacial score (nSPS) is 11.5. The van der Waals surface area contributed by atoms with Gasteiger partial charge in [-0.15, -0.1) is 0 Å². The summed E-state index contributed by atoms with van der Waals surface area (Å²) in [6.45, 7) is 0. The highest BCUT2D eigenvalue weighted by atomic mass is 35.5. The molecule has 4 nitrogen and oxygen atoms in total. The molecule has 0 radical (unpaired) electrons. The monoisotopic (exact) mass is 173 g/mol. The van der Waals surface area contributed by atoms with Crippen LogP contribution in [0.5, 0.6) is 0 Å². The summed E-state index contributed by atoms with van der Waals surface area (Å²) in [7, 11) is 0. The Hall–Kier alpha value is -1.29. The second-order valence-corrected chi connectivity index (χ2v) is 2.06. The molecule has 58 valence electrons. The Morgan fingerprint density at radius 3 is 2.91 bits per heavy atom. The molecular formula is C6H4ClNO3. The van der Waals surface area contributed by atoms with E-state index < -0.39 is 11.0 Å². The summed E-state index contributed by atoms with van der Waals surface area (Å²) < 4.78 is 4.69. The molecule has 11 heavy (non-hydrogen) atoms. The Kier molecular flexibility index (Phi) is 2.28. The van der Waals surface area contributed by atoms with E-state index in [4.69, 9.17) is 21.2 Å². The van der Waals surface area contributed by atoms with Crippen molar-refractivity contribution in [1.29, 1.82) is 0 Å². The first-order chi connectivity index (χ1) is 5.25. The van der Waals surface area contributed by atoms with Crippen molar-refractivity contribution >= 4 is 22.6 Å². The Bertz CT molecular complexity index is 278. The maximum Gasteiger partial charge on any atom is 0.261 e. The lowest BCUT2D eigenvalue weighted by Crippen LogP contribution is -2.06. The van der Waals surface area contributed by atoms with Gasteiger partial charge >= 0.3 is 0 Å². The van der Waals surface area contributed by atoms with Crippen molar-refractivity contribution < 1.29 is 14.4 Å². The van der Waals surface area contributed by atoms with Crippen molar-refractivity contribution in [3.63, 3.8) is 0 Å². The molecule has 0 saturated heterocycles. The highest BCUT2D eigenvalue weighted by Gasteiger charge is 2.14. The SMILES string of the molecule is O=C(C(Cl)=NO)c1ccco1. The summed E-state index contributed by atoms with van der Waals surface area (Å²) in [4.78, 5) is 10.9. The molecule has 5 heteroatoms. The fourth-order valence-corrected chi connectivity index (χ4v) is 0.648. The molecule has 0 aliphatic heterocycles. The van der Waals surface area contributed by atoms with Crippen LogP contribution in [0.4, 0.5) is 0 Å². The quantitative estimate of drug-likeness (QED) is 0.319. The van der Waals surface area contributed by atoms with E-state index in [1.807, 2.05) is 0 Å². The van der Waals surface area contributed by atoms with E-state index in [2.05, 4.69) is 5.16 Å². The largest absolute Gasteiger partial charge is 0.461 e. The zero-order valence-corrected chi connectivity index (χ0v) is 6.08. The molecule has 0 fully saturated rings. The van der Waals surface area contributed by atoms with E-state index in [1.165, 1.54) is 18.4 Å². The third-order valence-corrected chi connectivity index (χ3v) is 1.27. The summed E-state index contributed by atoms with van der Waals surface area (Å²) in [5.41, 5.74) is 0. The Morgan fingerprint density at radius 1 is 1.73 bits per heavy atom. The van der Waals surface area contributed by atoms with Crippen molar-refractivity contribution in [1.82, 2.24) is 0 Å². The fraction of sp³-hybridized carbons (Fsp3) is 0. The van der Waals surface area contributed by atoms with Gasteiger partial charge < -0.3 is 9.62 Å². The average molecular weight is 174 g/mol. The van der Waals surface area contributed by atoms with Crippen LogP contribution in [0.2, 0.25) is 0 Å². The van der Waals surface area contributed by atoms with Crippen LogP contribution in [-0.4, -0.2) is 16.2 Å². The van der Waals surface area contributed by atoms with Gasteiger partial charge in [-0.3, -0.25) is 4.79 Å². The standard InChI is InChI=1S/C6H4ClNO3/c7-6(8-10)5(9)4-2-1-3-11-4/h1-3,10H. The number of ketones is 1. The zero-order chi connectivity index (χ0) is 8.27. The smallest absolute Gasteiger partial charge is 0.261 e. The van der Waals surface area contributed by atoms with Crippen LogP contribution >= 0.6 is 11.6 Å². The van der Waals surface area contributed by atoms with Crippen molar-refractivity contribution in [2.45, 2.75) is 0 Å². The summed E-state index contributed by atoms with van der Waals surface area (Å²) in [5.74, 6) is -0.591. The molecule has 1 rings (SSSR count). The Morgan fingerprint density at radius 2 is 2.45 bits per heavy atom. The molecule has 0 aromatic carbocycles. The maximum atomic E-state index is 10.9. The number of hydrogen-bond donors (Lipinski definition) is 1. The minimum Gasteiger partial charge on any atom is -0.461 e. The molecule has 0 aliphatic carbocycles. The molecule has 0 aliphatic rings. The van der Waals surface area contributed by atoms with Gasteiger partial charge in [-0.25, -0.2) is 0 Å². The average Bonchev–Trinajstić information content (AvgIpc) is 2.53. The van der Waals surface area contributed by atoms with Crippen LogP contribution in [0.25, 0.3) is 0 Å². The van der Waals surface area contributed by atoms with E-state index in [9.17, 15) is 4.79 Å². The van der Waals surface area contributed by atoms with Gasteiger partial charge in [0, 0.05) is 0 Å². The number of hydrogen-bond acceptors (Lipinski definition) is 4. The predicted molar refractivity (Wildman–Crippen MR) is 38.1 cm³/mol. The number of Topliss-reactive ketones (excluding diaryl/α,β-unsaturated/α-hetero) is 1. The van der Waals surface area contributed by atoms with Crippen molar-refractivity contribution in [2.24, 2.45) is 5.16 Å². The van der Waals surface area contributed by atoms with E-state index in [0.717, 1.165) is 0 Å². The van der Waals surface area contributed by atoms with E-state index in [1.54, 1.807) is 0 Å². The molecule has 0 unspecified atom stereocenters. The molecule has 1 aromatic rings. The third kappa shape index (κ3) is 1.59. The van der Waals surface area contributed by atoms with Gasteiger partial charge in [0.05, 0.1) is 6.26 Å². The van der Waals surface area contributed by atoms with Crippen LogP contribution in [0.3, 0.4) is 0 Å². The number of halogens is 1. The van der Waals surface area contributed by atoms with Gasteiger partial charge in [0.1, 0.15) is 0 Å². The van der Waals surface area contributed by atoms with Crippen molar-refractivity contribution in [3.05, 3.63) is 24.2 Å². The minimum atomic E-state index is -0.640. The van der Waals surface area contributed by atoms with Gasteiger partial charge in [-0.2, -0.15) is 0 Å². The lowest BCUT2D eigenvalue weighted by atomic mass is 10.3. The molecular weight excluding hydrogens is 170 g/mol. The number of nitrogens with zero attached hydrogens (tertiary/aromatic N) is 1. The first-order valence-corrected chi connectivity index (χ1v) is 3.09. The van der Waals surface area contributed by atoms with E-state index in [0.29, 0.717) is 0 Å². The first-order valence-electron chi connectivity index (χ1n) is 2.71. The van der Waals surface area contributed by atoms with Crippen molar-refractivity contribution in [2.75, 3.05) is 0 Å². The van der Waals surface area contributed by atoms with E-state index >= 15 is 0 Å². The second kappa shape index (κ2) is 3.21. The van der Waals surface area contributed by atoms with Gasteiger partial charge in [0.15, 0.2) is 5.76 Å². The highest BCUT2D eigenvalue weighted by Crippen LogP contribution is 2.04. The lowest BCUT2D eigenvalue weighted by Gasteiger charge is -1.88. The molecule has 0 saturated carbocycles. The second-order valence-electron chi connectivity index (χ2n) is 1.70. The first kappa shape index (κ1) is 7.81. The lowest BCUT2D eigenvalue weighted by molar-refractivity contribution is 0.104. The molecule has 1 N–H and O–H groups in total. The maximum absolute atomic E-state index is 10.9. The summed E-state index contributed by atoms with van der Waals surface area (Å²) in [5, 5.41) is 10.1. The van der Waals surface area contributed by atoms with Gasteiger partial charge in [-0.05, 0) is 12.1 Å². The highest BCUT2D eigenvalue weighted by molar-refractivity contribution is 6.84. The Labute approximate surface area is 67.1 Å². The summed E-state index contributed by atoms with van der Waals surface area (Å²) in [6.07, 6.45) is 1.33. The molecule has 0 spiro atoms. The molecule has 0 atom stereocenters. The number of rotatable bonds is 2.